The van der Waals surface area contributed by atoms with Crippen LogP contribution in [0, 0.1) is 11.3 Å². The zero-order chi connectivity index (χ0) is 22.6. The number of nitrogens with zero attached hydrogens (tertiary/aromatic N) is 1. The van der Waals surface area contributed by atoms with Crippen molar-refractivity contribution in [3.63, 3.8) is 0 Å². The van der Waals surface area contributed by atoms with Crippen LogP contribution >= 0.6 is 11.8 Å². The van der Waals surface area contributed by atoms with Crippen LogP contribution in [0.1, 0.15) is 42.1 Å². The van der Waals surface area contributed by atoms with Crippen LogP contribution in [0.5, 0.6) is 5.75 Å². The van der Waals surface area contributed by atoms with Gasteiger partial charge in [-0.15, -0.1) is 0 Å². The summed E-state index contributed by atoms with van der Waals surface area (Å²) in [5.74, 6) is 0.531. The van der Waals surface area contributed by atoms with Gasteiger partial charge < -0.3 is 10.1 Å². The Hall–Kier alpha value is -3.49. The maximum atomic E-state index is 12.8. The summed E-state index contributed by atoms with van der Waals surface area (Å²) in [6.07, 6.45) is 7.60. The Morgan fingerprint density at radius 3 is 2.47 bits per heavy atom. The number of carbonyl (C=O) groups excluding carboxylic acids is 1. The topological polar surface area (TPSA) is 62.1 Å². The van der Waals surface area contributed by atoms with E-state index in [4.69, 9.17) is 4.74 Å². The molecule has 162 valence electrons. The van der Waals surface area contributed by atoms with Gasteiger partial charge in [-0.2, -0.15) is 5.26 Å². The number of nitriles is 1. The summed E-state index contributed by atoms with van der Waals surface area (Å²) < 4.78 is 5.70. The van der Waals surface area contributed by atoms with Gasteiger partial charge in [0.15, 0.2) is 0 Å². The maximum Gasteiger partial charge on any atom is 0.255 e. The predicted molar refractivity (Wildman–Crippen MR) is 130 cm³/mol. The molecule has 0 fully saturated rings. The van der Waals surface area contributed by atoms with Gasteiger partial charge in [-0.1, -0.05) is 67.9 Å². The lowest BCUT2D eigenvalue weighted by Gasteiger charge is -2.12. The van der Waals surface area contributed by atoms with E-state index in [1.165, 1.54) is 24.6 Å². The summed E-state index contributed by atoms with van der Waals surface area (Å²) in [6, 6.07) is 24.3. The first kappa shape index (κ1) is 23.2. The van der Waals surface area contributed by atoms with Crippen LogP contribution in [-0.4, -0.2) is 12.5 Å². The molecule has 0 saturated carbocycles. The molecule has 0 saturated heterocycles. The second-order valence-corrected chi connectivity index (χ2v) is 8.19. The fourth-order valence-corrected chi connectivity index (χ4v) is 3.96. The first-order chi connectivity index (χ1) is 15.7. The number of nitrogens with one attached hydrogen (secondary N) is 1. The van der Waals surface area contributed by atoms with Crippen LogP contribution < -0.4 is 10.1 Å². The molecule has 0 unspecified atom stereocenters. The monoisotopic (exact) mass is 442 g/mol. The molecule has 0 atom stereocenters. The molecule has 3 rings (SSSR count). The van der Waals surface area contributed by atoms with Gasteiger partial charge in [0.25, 0.3) is 5.91 Å². The second kappa shape index (κ2) is 12.4. The third kappa shape index (κ3) is 6.76. The van der Waals surface area contributed by atoms with E-state index in [0.717, 1.165) is 22.0 Å². The van der Waals surface area contributed by atoms with Crippen LogP contribution in [0.3, 0.4) is 0 Å². The SMILES string of the molecule is CCCC/C=C/COc1ccc(C(=O)Nc2ccccc2Sc2ccccc2C#N)cc1. The molecule has 1 N–H and O–H groups in total. The molecule has 4 nitrogen and oxygen atoms in total. The number of hydrogen-bond acceptors (Lipinski definition) is 4. The smallest absolute Gasteiger partial charge is 0.255 e. The van der Waals surface area contributed by atoms with E-state index < -0.39 is 0 Å². The number of rotatable bonds is 10. The van der Waals surface area contributed by atoms with Crippen molar-refractivity contribution in [3.05, 3.63) is 96.1 Å². The van der Waals surface area contributed by atoms with Gasteiger partial charge >= 0.3 is 0 Å². The Balaban J connectivity index is 1.63. The number of amides is 1. The van der Waals surface area contributed by atoms with Crippen molar-refractivity contribution < 1.29 is 9.53 Å². The molecule has 32 heavy (non-hydrogen) atoms. The molecule has 3 aromatic rings. The fourth-order valence-electron chi connectivity index (χ4n) is 2.97. The van der Waals surface area contributed by atoms with Gasteiger partial charge in [0.2, 0.25) is 0 Å². The Morgan fingerprint density at radius 2 is 1.72 bits per heavy atom. The molecule has 0 aromatic heterocycles. The zero-order valence-corrected chi connectivity index (χ0v) is 18.9. The van der Waals surface area contributed by atoms with E-state index in [1.54, 1.807) is 30.3 Å². The van der Waals surface area contributed by atoms with Crippen molar-refractivity contribution in [3.8, 4) is 11.8 Å². The van der Waals surface area contributed by atoms with Crippen molar-refractivity contribution in [2.45, 2.75) is 36.0 Å². The number of anilines is 1. The molecule has 1 amide bonds. The molecule has 0 spiro atoms. The number of benzene rings is 3. The van der Waals surface area contributed by atoms with Crippen molar-refractivity contribution in [1.82, 2.24) is 0 Å². The van der Waals surface area contributed by atoms with Crippen LogP contribution in [-0.2, 0) is 0 Å². The lowest BCUT2D eigenvalue weighted by Crippen LogP contribution is -2.12. The predicted octanol–water partition coefficient (Wildman–Crippen LogP) is 7.09. The van der Waals surface area contributed by atoms with Gasteiger partial charge in [-0.25, -0.2) is 0 Å². The summed E-state index contributed by atoms with van der Waals surface area (Å²) in [5.41, 5.74) is 1.86. The summed E-state index contributed by atoms with van der Waals surface area (Å²) >= 11 is 1.46. The van der Waals surface area contributed by atoms with E-state index in [9.17, 15) is 10.1 Å². The summed E-state index contributed by atoms with van der Waals surface area (Å²) in [6.45, 7) is 2.69. The van der Waals surface area contributed by atoms with Crippen molar-refractivity contribution >= 4 is 23.4 Å². The quantitative estimate of drug-likeness (QED) is 0.269. The summed E-state index contributed by atoms with van der Waals surface area (Å²) in [4.78, 5) is 14.5. The standard InChI is InChI=1S/C27H26N2O2S/c1-2-3-4-5-10-19-31-23-17-15-21(16-18-23)27(30)29-24-12-7-9-14-26(24)32-25-13-8-6-11-22(25)20-28/h5-18H,2-4,19H2,1H3,(H,29,30)/b10-5+. The highest BCUT2D eigenvalue weighted by molar-refractivity contribution is 7.99. The van der Waals surface area contributed by atoms with E-state index >= 15 is 0 Å². The highest BCUT2D eigenvalue weighted by Gasteiger charge is 2.11. The summed E-state index contributed by atoms with van der Waals surface area (Å²) in [7, 11) is 0. The first-order valence-electron chi connectivity index (χ1n) is 10.7. The molecular formula is C27H26N2O2S. The molecule has 0 aliphatic heterocycles. The van der Waals surface area contributed by atoms with Crippen LogP contribution in [0.15, 0.2) is 94.7 Å². The highest BCUT2D eigenvalue weighted by Crippen LogP contribution is 2.35. The molecule has 0 aliphatic rings. The molecular weight excluding hydrogens is 416 g/mol. The number of allylic oxidation sites excluding steroid dienone is 1. The molecule has 0 heterocycles. The van der Waals surface area contributed by atoms with E-state index in [1.807, 2.05) is 48.5 Å². The largest absolute Gasteiger partial charge is 0.490 e. The molecule has 5 heteroatoms. The van der Waals surface area contributed by atoms with Crippen molar-refractivity contribution in [1.29, 1.82) is 5.26 Å². The first-order valence-corrected chi connectivity index (χ1v) is 11.5. The Kier molecular flexibility index (Phi) is 8.97. The molecule has 0 bridgehead atoms. The molecule has 0 aliphatic carbocycles. The molecule has 3 aromatic carbocycles. The van der Waals surface area contributed by atoms with E-state index in [0.29, 0.717) is 23.4 Å². The van der Waals surface area contributed by atoms with E-state index in [-0.39, 0.29) is 5.91 Å². The highest BCUT2D eigenvalue weighted by atomic mass is 32.2. The van der Waals surface area contributed by atoms with Crippen LogP contribution in [0.25, 0.3) is 0 Å². The lowest BCUT2D eigenvalue weighted by molar-refractivity contribution is 0.102. The minimum absolute atomic E-state index is 0.197. The average Bonchev–Trinajstić information content (AvgIpc) is 2.83. The van der Waals surface area contributed by atoms with Crippen LogP contribution in [0.4, 0.5) is 5.69 Å². The fraction of sp³-hybridized carbons (Fsp3) is 0.185. The van der Waals surface area contributed by atoms with E-state index in [2.05, 4.69) is 24.4 Å². The van der Waals surface area contributed by atoms with Gasteiger partial charge in [0.05, 0.1) is 11.3 Å². The Labute approximate surface area is 193 Å². The molecule has 0 radical (unpaired) electrons. The number of ether oxygens (including phenoxy) is 1. The minimum atomic E-state index is -0.197. The Morgan fingerprint density at radius 1 is 1.00 bits per heavy atom. The third-order valence-electron chi connectivity index (χ3n) is 4.72. The second-order valence-electron chi connectivity index (χ2n) is 7.11. The maximum absolute atomic E-state index is 12.8. The lowest BCUT2D eigenvalue weighted by atomic mass is 10.2. The average molecular weight is 443 g/mol. The van der Waals surface area contributed by atoms with Crippen molar-refractivity contribution in [2.24, 2.45) is 0 Å². The van der Waals surface area contributed by atoms with Crippen molar-refractivity contribution in [2.75, 3.05) is 11.9 Å². The van der Waals surface area contributed by atoms with Gasteiger partial charge in [-0.3, -0.25) is 4.79 Å². The minimum Gasteiger partial charge on any atom is -0.490 e. The van der Waals surface area contributed by atoms with Gasteiger partial charge in [0.1, 0.15) is 18.4 Å². The number of hydrogen-bond donors (Lipinski definition) is 1. The zero-order valence-electron chi connectivity index (χ0n) is 18.1. The number of para-hydroxylation sites is 1. The summed E-state index contributed by atoms with van der Waals surface area (Å²) in [5, 5.41) is 12.3. The normalized spacial score (nSPS) is 10.6. The third-order valence-corrected chi connectivity index (χ3v) is 5.87. The van der Waals surface area contributed by atoms with Gasteiger partial charge in [0, 0.05) is 15.4 Å². The Bertz CT molecular complexity index is 1100. The number of unbranched alkanes of at least 4 members (excludes halogenated alkanes) is 2. The number of carbonyl (C=O) groups is 1. The van der Waals surface area contributed by atoms with Gasteiger partial charge in [-0.05, 0) is 55.0 Å². The van der Waals surface area contributed by atoms with Crippen LogP contribution in [0.2, 0.25) is 0 Å².